The van der Waals surface area contributed by atoms with Crippen LogP contribution in [0.15, 0.2) is 42.5 Å². The lowest BCUT2D eigenvalue weighted by Crippen LogP contribution is -2.47. The van der Waals surface area contributed by atoms with Crippen LogP contribution in [-0.4, -0.2) is 43.7 Å². The van der Waals surface area contributed by atoms with Gasteiger partial charge in [-0.05, 0) is 42.0 Å². The van der Waals surface area contributed by atoms with Crippen molar-refractivity contribution in [3.8, 4) is 11.1 Å². The molecule has 208 valence electrons. The zero-order valence-corrected chi connectivity index (χ0v) is 22.8. The van der Waals surface area contributed by atoms with E-state index in [-0.39, 0.29) is 40.9 Å². The number of unbranched alkanes of at least 4 members (excludes halogenated alkanes) is 1. The van der Waals surface area contributed by atoms with Crippen LogP contribution >= 0.6 is 11.6 Å². The number of carboxylic acids is 1. The third-order valence-electron chi connectivity index (χ3n) is 6.26. The normalized spacial score (nSPS) is 11.9. The van der Waals surface area contributed by atoms with Gasteiger partial charge in [0.2, 0.25) is 0 Å². The van der Waals surface area contributed by atoms with Gasteiger partial charge in [0.05, 0.1) is 12.1 Å². The fourth-order valence-electron chi connectivity index (χ4n) is 4.32. The van der Waals surface area contributed by atoms with E-state index in [2.05, 4.69) is 10.3 Å². The minimum Gasteiger partial charge on any atom is -0.478 e. The van der Waals surface area contributed by atoms with Crippen molar-refractivity contribution in [2.24, 2.45) is 5.92 Å². The van der Waals surface area contributed by atoms with Crippen molar-refractivity contribution in [2.45, 2.75) is 59.0 Å². The molecule has 9 nitrogen and oxygen atoms in total. The molecule has 1 heterocycles. The number of rotatable bonds is 12. The number of aromatic carboxylic acids is 1. The Morgan fingerprint density at radius 3 is 2.49 bits per heavy atom. The predicted octanol–water partition coefficient (Wildman–Crippen LogP) is 5.08. The highest BCUT2D eigenvalue weighted by Gasteiger charge is 2.28. The van der Waals surface area contributed by atoms with Gasteiger partial charge in [0, 0.05) is 12.0 Å². The van der Waals surface area contributed by atoms with E-state index < -0.39 is 29.6 Å². The Hall–Kier alpha value is -3.76. The Morgan fingerprint density at radius 1 is 1.15 bits per heavy atom. The highest BCUT2D eigenvalue weighted by atomic mass is 35.5. The molecule has 0 bridgehead atoms. The van der Waals surface area contributed by atoms with Gasteiger partial charge in [0.1, 0.15) is 23.4 Å². The monoisotopic (exact) mass is 558 g/mol. The molecule has 0 saturated carbocycles. The minimum atomic E-state index is -1.12. The molecule has 39 heavy (non-hydrogen) atoms. The number of carbonyl (C=O) groups excluding carboxylic acids is 2. The molecule has 0 spiro atoms. The first-order valence-corrected chi connectivity index (χ1v) is 13.1. The van der Waals surface area contributed by atoms with Crippen LogP contribution in [0.3, 0.4) is 0 Å². The maximum absolute atomic E-state index is 15.4. The Balaban J connectivity index is 2.00. The summed E-state index contributed by atoms with van der Waals surface area (Å²) in [5.41, 5.74) is 2.61. The van der Waals surface area contributed by atoms with Crippen molar-refractivity contribution in [1.29, 1.82) is 0 Å². The first-order chi connectivity index (χ1) is 18.6. The number of nitrogens with zero attached hydrogens (tertiary/aromatic N) is 2. The van der Waals surface area contributed by atoms with Crippen molar-refractivity contribution >= 4 is 29.4 Å². The lowest BCUT2D eigenvalue weighted by atomic mass is 9.98. The summed E-state index contributed by atoms with van der Waals surface area (Å²) in [6, 6.07) is 9.71. The number of hydroxylamine groups is 1. The summed E-state index contributed by atoms with van der Waals surface area (Å²) in [6.07, 6.45) is 2.36. The molecule has 3 aromatic rings. The second kappa shape index (κ2) is 13.3. The average Bonchev–Trinajstić information content (AvgIpc) is 3.21. The van der Waals surface area contributed by atoms with E-state index >= 15 is 4.39 Å². The number of hydrogen-bond acceptors (Lipinski definition) is 5. The number of aryl methyl sites for hydroxylation is 1. The van der Waals surface area contributed by atoms with Gasteiger partial charge in [-0.15, -0.1) is 0 Å². The molecule has 0 aliphatic heterocycles. The summed E-state index contributed by atoms with van der Waals surface area (Å²) >= 11 is 6.39. The van der Waals surface area contributed by atoms with Crippen LogP contribution in [0, 0.1) is 11.7 Å². The Bertz CT molecular complexity index is 1360. The highest BCUT2D eigenvalue weighted by molar-refractivity contribution is 6.32. The van der Waals surface area contributed by atoms with Gasteiger partial charge in [0.15, 0.2) is 5.15 Å². The lowest BCUT2D eigenvalue weighted by molar-refractivity contribution is -0.131. The molecule has 11 heteroatoms. The Morgan fingerprint density at radius 2 is 1.87 bits per heavy atom. The van der Waals surface area contributed by atoms with Gasteiger partial charge in [-0.3, -0.25) is 14.8 Å². The molecule has 0 aliphatic carbocycles. The molecule has 0 aliphatic rings. The predicted molar refractivity (Wildman–Crippen MR) is 144 cm³/mol. The standard InChI is InChI=1S/C28H32ClFN4O5/c1-4-5-10-23-32-25(29)24(27(36)31-22(13-16(2)3)26(35)33-39)34(23)15-18-12-11-17(14-21(18)30)19-8-6-7-9-20(19)28(37)38/h6-9,11-12,14,16,22,39H,4-5,10,13,15H2,1-3H3,(H,31,36)(H,33,35)(H,37,38). The number of imidazole rings is 1. The molecular formula is C28H32ClFN4O5. The van der Waals surface area contributed by atoms with Crippen LogP contribution in [0.2, 0.25) is 5.15 Å². The number of halogens is 2. The van der Waals surface area contributed by atoms with E-state index in [0.29, 0.717) is 23.4 Å². The molecule has 1 atom stereocenters. The van der Waals surface area contributed by atoms with Crippen molar-refractivity contribution in [2.75, 3.05) is 0 Å². The summed E-state index contributed by atoms with van der Waals surface area (Å²) in [4.78, 5) is 41.5. The highest BCUT2D eigenvalue weighted by Crippen LogP contribution is 2.27. The number of aromatic nitrogens is 2. The molecule has 0 radical (unpaired) electrons. The van der Waals surface area contributed by atoms with Crippen molar-refractivity contribution in [3.05, 3.63) is 76.1 Å². The van der Waals surface area contributed by atoms with E-state index in [1.165, 1.54) is 22.8 Å². The number of amides is 2. The average molecular weight is 559 g/mol. The molecule has 0 fully saturated rings. The quantitative estimate of drug-likeness (QED) is 0.181. The van der Waals surface area contributed by atoms with Crippen molar-refractivity contribution < 1.29 is 29.1 Å². The molecule has 1 unspecified atom stereocenters. The van der Waals surface area contributed by atoms with Gasteiger partial charge in [-0.25, -0.2) is 19.6 Å². The summed E-state index contributed by atoms with van der Waals surface area (Å²) in [7, 11) is 0. The minimum absolute atomic E-state index is 0.0260. The maximum Gasteiger partial charge on any atom is 0.336 e. The van der Waals surface area contributed by atoms with Crippen LogP contribution in [0.4, 0.5) is 4.39 Å². The SMILES string of the molecule is CCCCc1nc(Cl)c(C(=O)NC(CC(C)C)C(=O)NO)n1Cc1ccc(-c2ccccc2C(=O)O)cc1F. The molecule has 2 aromatic carbocycles. The third-order valence-corrected chi connectivity index (χ3v) is 6.53. The van der Waals surface area contributed by atoms with Crippen LogP contribution in [-0.2, 0) is 17.8 Å². The summed E-state index contributed by atoms with van der Waals surface area (Å²) in [5.74, 6) is -2.65. The summed E-state index contributed by atoms with van der Waals surface area (Å²) in [5, 5.41) is 21.1. The first-order valence-electron chi connectivity index (χ1n) is 12.7. The van der Waals surface area contributed by atoms with Gasteiger partial charge < -0.3 is 15.0 Å². The van der Waals surface area contributed by atoms with E-state index in [9.17, 15) is 19.5 Å². The van der Waals surface area contributed by atoms with Gasteiger partial charge in [0.25, 0.3) is 11.8 Å². The van der Waals surface area contributed by atoms with Gasteiger partial charge in [-0.1, -0.05) is 69.1 Å². The Labute approximate surface area is 231 Å². The van der Waals surface area contributed by atoms with Crippen LogP contribution in [0.25, 0.3) is 11.1 Å². The van der Waals surface area contributed by atoms with Crippen LogP contribution in [0.5, 0.6) is 0 Å². The molecule has 0 saturated heterocycles. The van der Waals surface area contributed by atoms with Crippen LogP contribution < -0.4 is 10.8 Å². The van der Waals surface area contributed by atoms with E-state index in [0.717, 1.165) is 12.8 Å². The number of carboxylic acid groups (broad SMARTS) is 1. The topological polar surface area (TPSA) is 134 Å². The fraction of sp³-hybridized carbons (Fsp3) is 0.357. The Kier molecular flexibility index (Phi) is 10.2. The number of hydrogen-bond donors (Lipinski definition) is 4. The maximum atomic E-state index is 15.4. The molecule has 2 amide bonds. The molecular weight excluding hydrogens is 527 g/mol. The molecule has 4 N–H and O–H groups in total. The van der Waals surface area contributed by atoms with Gasteiger partial charge in [-0.2, -0.15) is 0 Å². The van der Waals surface area contributed by atoms with E-state index in [1.807, 2.05) is 20.8 Å². The first kappa shape index (κ1) is 29.8. The molecule has 1 aromatic heterocycles. The second-order valence-corrected chi connectivity index (χ2v) is 10.0. The number of nitrogens with one attached hydrogen (secondary N) is 2. The number of benzene rings is 2. The van der Waals surface area contributed by atoms with E-state index in [1.54, 1.807) is 29.7 Å². The smallest absolute Gasteiger partial charge is 0.336 e. The van der Waals surface area contributed by atoms with E-state index in [4.69, 9.17) is 16.8 Å². The zero-order valence-electron chi connectivity index (χ0n) is 22.0. The summed E-state index contributed by atoms with van der Waals surface area (Å²) in [6.45, 7) is 5.66. The second-order valence-electron chi connectivity index (χ2n) is 9.65. The fourth-order valence-corrected chi connectivity index (χ4v) is 4.61. The zero-order chi connectivity index (χ0) is 28.7. The number of carbonyl (C=O) groups is 3. The van der Waals surface area contributed by atoms with Crippen molar-refractivity contribution in [3.63, 3.8) is 0 Å². The van der Waals surface area contributed by atoms with Crippen LogP contribution in [0.1, 0.15) is 72.3 Å². The third kappa shape index (κ3) is 7.21. The molecule has 3 rings (SSSR count). The van der Waals surface area contributed by atoms with Crippen molar-refractivity contribution in [1.82, 2.24) is 20.3 Å². The van der Waals surface area contributed by atoms with Gasteiger partial charge >= 0.3 is 5.97 Å². The summed E-state index contributed by atoms with van der Waals surface area (Å²) < 4.78 is 16.9. The largest absolute Gasteiger partial charge is 0.478 e. The lowest BCUT2D eigenvalue weighted by Gasteiger charge is -2.20.